The van der Waals surface area contributed by atoms with E-state index in [-0.39, 0.29) is 0 Å². The lowest BCUT2D eigenvalue weighted by Gasteiger charge is -2.16. The molecule has 0 N–H and O–H groups in total. The van der Waals surface area contributed by atoms with E-state index in [4.69, 9.17) is 0 Å². The summed E-state index contributed by atoms with van der Waals surface area (Å²) >= 11 is 0. The molecule has 2 heterocycles. The molecule has 0 unspecified atom stereocenters. The Kier molecular flexibility index (Phi) is 5.31. The molecule has 10 aromatic rings. The molecular formula is C44H28N2. The number of fused-ring (bicyclic) bond motifs is 11. The van der Waals surface area contributed by atoms with Gasteiger partial charge in [-0.3, -0.25) is 0 Å². The van der Waals surface area contributed by atoms with Crippen molar-refractivity contribution in [3.8, 4) is 22.6 Å². The summed E-state index contributed by atoms with van der Waals surface area (Å²) in [4.78, 5) is 0. The highest BCUT2D eigenvalue weighted by Crippen LogP contribution is 2.42. The molecule has 0 aliphatic carbocycles. The first-order valence-electron chi connectivity index (χ1n) is 15.9. The van der Waals surface area contributed by atoms with E-state index in [1.807, 2.05) is 0 Å². The van der Waals surface area contributed by atoms with Gasteiger partial charge in [-0.15, -0.1) is 0 Å². The summed E-state index contributed by atoms with van der Waals surface area (Å²) in [6, 6.07) is 62.0. The molecule has 0 fully saturated rings. The monoisotopic (exact) mass is 584 g/mol. The number of para-hydroxylation sites is 2. The average Bonchev–Trinajstić information content (AvgIpc) is 3.69. The number of hydrogen-bond acceptors (Lipinski definition) is 0. The molecule has 2 heteroatoms. The van der Waals surface area contributed by atoms with Gasteiger partial charge < -0.3 is 9.13 Å². The zero-order valence-electron chi connectivity index (χ0n) is 25.1. The molecule has 0 aliphatic heterocycles. The van der Waals surface area contributed by atoms with Crippen molar-refractivity contribution in [1.29, 1.82) is 0 Å². The summed E-state index contributed by atoms with van der Waals surface area (Å²) in [5, 5.41) is 11.4. The first-order valence-corrected chi connectivity index (χ1v) is 15.9. The van der Waals surface area contributed by atoms with E-state index in [2.05, 4.69) is 179 Å². The van der Waals surface area contributed by atoms with E-state index in [1.54, 1.807) is 0 Å². The second-order valence-corrected chi connectivity index (χ2v) is 12.1. The minimum Gasteiger partial charge on any atom is -0.307 e. The van der Waals surface area contributed by atoms with Gasteiger partial charge in [0.15, 0.2) is 0 Å². The SMILES string of the molecule is c1ccc(-c2cc3ccc4c5ccccc5n(-c5ccc6c7ccccc7c7ccccc7c6c5)c4c3n2-c2ccccc2)cc1. The van der Waals surface area contributed by atoms with E-state index in [0.29, 0.717) is 0 Å². The van der Waals surface area contributed by atoms with Crippen LogP contribution < -0.4 is 0 Å². The fraction of sp³-hybridized carbons (Fsp3) is 0. The molecule has 0 bridgehead atoms. The van der Waals surface area contributed by atoms with Crippen molar-refractivity contribution < 1.29 is 0 Å². The summed E-state index contributed by atoms with van der Waals surface area (Å²) in [7, 11) is 0. The molecule has 2 nitrogen and oxygen atoms in total. The normalized spacial score (nSPS) is 11.9. The lowest BCUT2D eigenvalue weighted by atomic mass is 9.94. The molecule has 0 spiro atoms. The highest BCUT2D eigenvalue weighted by Gasteiger charge is 2.21. The maximum atomic E-state index is 2.49. The van der Waals surface area contributed by atoms with Crippen molar-refractivity contribution in [2.75, 3.05) is 0 Å². The van der Waals surface area contributed by atoms with Gasteiger partial charge in [-0.25, -0.2) is 0 Å². The number of hydrogen-bond donors (Lipinski definition) is 0. The summed E-state index contributed by atoms with van der Waals surface area (Å²) in [6.45, 7) is 0. The third-order valence-corrected chi connectivity index (χ3v) is 9.67. The van der Waals surface area contributed by atoms with Crippen LogP contribution in [0.5, 0.6) is 0 Å². The molecule has 0 saturated heterocycles. The maximum absolute atomic E-state index is 2.49. The molecular weight excluding hydrogens is 556 g/mol. The van der Waals surface area contributed by atoms with Crippen molar-refractivity contribution in [3.63, 3.8) is 0 Å². The summed E-state index contributed by atoms with van der Waals surface area (Å²) < 4.78 is 4.94. The molecule has 0 aliphatic rings. The van der Waals surface area contributed by atoms with Crippen molar-refractivity contribution in [2.45, 2.75) is 0 Å². The number of nitrogens with zero attached hydrogens (tertiary/aromatic N) is 2. The Labute approximate surface area is 266 Å². The number of benzene rings is 8. The average molecular weight is 585 g/mol. The van der Waals surface area contributed by atoms with Crippen LogP contribution in [-0.2, 0) is 0 Å². The van der Waals surface area contributed by atoms with Crippen LogP contribution in [0.1, 0.15) is 0 Å². The van der Waals surface area contributed by atoms with Crippen LogP contribution in [-0.4, -0.2) is 9.13 Å². The predicted molar refractivity (Wildman–Crippen MR) is 196 cm³/mol. The molecule has 8 aromatic carbocycles. The van der Waals surface area contributed by atoms with Crippen molar-refractivity contribution in [1.82, 2.24) is 9.13 Å². The molecule has 0 radical (unpaired) electrons. The van der Waals surface area contributed by atoms with E-state index >= 15 is 0 Å². The largest absolute Gasteiger partial charge is 0.307 e. The highest BCUT2D eigenvalue weighted by molar-refractivity contribution is 6.26. The van der Waals surface area contributed by atoms with E-state index < -0.39 is 0 Å². The Bertz CT molecular complexity index is 2750. The molecule has 46 heavy (non-hydrogen) atoms. The maximum Gasteiger partial charge on any atom is 0.0788 e. The topological polar surface area (TPSA) is 9.86 Å². The van der Waals surface area contributed by atoms with Crippen molar-refractivity contribution in [3.05, 3.63) is 170 Å². The zero-order chi connectivity index (χ0) is 30.2. The van der Waals surface area contributed by atoms with E-state index in [9.17, 15) is 0 Å². The third-order valence-electron chi connectivity index (χ3n) is 9.67. The minimum absolute atomic E-state index is 1.15. The Morgan fingerprint density at radius 3 is 1.54 bits per heavy atom. The van der Waals surface area contributed by atoms with Gasteiger partial charge in [0.1, 0.15) is 0 Å². The Morgan fingerprint density at radius 1 is 0.304 bits per heavy atom. The Balaban J connectivity index is 1.39. The van der Waals surface area contributed by atoms with E-state index in [0.717, 1.165) is 11.4 Å². The first-order chi connectivity index (χ1) is 22.8. The Hall–Kier alpha value is -6.12. The van der Waals surface area contributed by atoms with Gasteiger partial charge in [0, 0.05) is 27.5 Å². The van der Waals surface area contributed by atoms with Gasteiger partial charge >= 0.3 is 0 Å². The van der Waals surface area contributed by atoms with Crippen LogP contribution in [0.2, 0.25) is 0 Å². The molecule has 214 valence electrons. The van der Waals surface area contributed by atoms with Crippen LogP contribution in [0.15, 0.2) is 170 Å². The van der Waals surface area contributed by atoms with Crippen LogP contribution in [0.4, 0.5) is 0 Å². The van der Waals surface area contributed by atoms with E-state index in [1.165, 1.54) is 76.3 Å². The fourth-order valence-corrected chi connectivity index (χ4v) is 7.71. The van der Waals surface area contributed by atoms with Crippen molar-refractivity contribution >= 4 is 65.0 Å². The van der Waals surface area contributed by atoms with Gasteiger partial charge in [-0.2, -0.15) is 0 Å². The van der Waals surface area contributed by atoms with Gasteiger partial charge in [0.25, 0.3) is 0 Å². The summed E-state index contributed by atoms with van der Waals surface area (Å²) in [5.41, 5.74) is 8.32. The van der Waals surface area contributed by atoms with Crippen LogP contribution in [0.25, 0.3) is 87.7 Å². The van der Waals surface area contributed by atoms with Gasteiger partial charge in [0.05, 0.1) is 22.2 Å². The molecule has 10 rings (SSSR count). The predicted octanol–water partition coefficient (Wildman–Crippen LogP) is 11.9. The molecule has 0 amide bonds. The summed E-state index contributed by atoms with van der Waals surface area (Å²) in [6.07, 6.45) is 0. The second kappa shape index (κ2) is 9.69. The number of rotatable bonds is 3. The van der Waals surface area contributed by atoms with Crippen molar-refractivity contribution in [2.24, 2.45) is 0 Å². The zero-order valence-corrected chi connectivity index (χ0v) is 25.1. The molecule has 0 atom stereocenters. The highest BCUT2D eigenvalue weighted by atomic mass is 15.0. The lowest BCUT2D eigenvalue weighted by Crippen LogP contribution is -2.00. The smallest absolute Gasteiger partial charge is 0.0788 e. The van der Waals surface area contributed by atoms with Gasteiger partial charge in [-0.05, 0) is 74.3 Å². The number of aromatic nitrogens is 2. The second-order valence-electron chi connectivity index (χ2n) is 12.1. The molecule has 2 aromatic heterocycles. The van der Waals surface area contributed by atoms with Crippen LogP contribution in [0, 0.1) is 0 Å². The Morgan fingerprint density at radius 2 is 0.848 bits per heavy atom. The lowest BCUT2D eigenvalue weighted by molar-refractivity contribution is 1.12. The van der Waals surface area contributed by atoms with Crippen LogP contribution >= 0.6 is 0 Å². The molecule has 0 saturated carbocycles. The summed E-state index contributed by atoms with van der Waals surface area (Å²) in [5.74, 6) is 0. The van der Waals surface area contributed by atoms with Gasteiger partial charge in [-0.1, -0.05) is 133 Å². The third kappa shape index (κ3) is 3.53. The first kappa shape index (κ1) is 25.2. The standard InChI is InChI=1S/C44H28N2/c1-3-13-29(14-4-1)42-27-30-23-25-39-38-21-11-12-22-41(38)46(44(39)43(30)45(42)31-15-5-2-6-16-31)32-24-26-37-35-19-8-7-17-33(35)34-18-9-10-20-36(34)40(37)28-32/h1-28H. The van der Waals surface area contributed by atoms with Gasteiger partial charge in [0.2, 0.25) is 0 Å². The van der Waals surface area contributed by atoms with Crippen LogP contribution in [0.3, 0.4) is 0 Å². The fourth-order valence-electron chi connectivity index (χ4n) is 7.71. The quantitative estimate of drug-likeness (QED) is 0.183. The minimum atomic E-state index is 1.15.